The Labute approximate surface area is 71.8 Å². The summed E-state index contributed by atoms with van der Waals surface area (Å²) in [7, 11) is 1.66. The monoisotopic (exact) mass is 173 g/mol. The quantitative estimate of drug-likeness (QED) is 0.324. The second kappa shape index (κ2) is 4.27. The van der Waals surface area contributed by atoms with E-state index in [4.69, 9.17) is 10.6 Å². The van der Waals surface area contributed by atoms with Gasteiger partial charge in [-0.3, -0.25) is 5.43 Å². The number of methoxy groups -OCH3 is 1. The van der Waals surface area contributed by atoms with Gasteiger partial charge in [-0.25, -0.2) is 10.6 Å². The van der Waals surface area contributed by atoms with Crippen molar-refractivity contribution in [2.45, 2.75) is 18.9 Å². The molecular weight excluding hydrogens is 158 g/mol. The van der Waals surface area contributed by atoms with Crippen LogP contribution in [0.4, 0.5) is 4.79 Å². The van der Waals surface area contributed by atoms with Gasteiger partial charge >= 0.3 is 6.03 Å². The second-order valence-corrected chi connectivity index (χ2v) is 2.90. The van der Waals surface area contributed by atoms with Gasteiger partial charge < -0.3 is 9.64 Å². The van der Waals surface area contributed by atoms with Gasteiger partial charge in [0, 0.05) is 20.2 Å². The van der Waals surface area contributed by atoms with Gasteiger partial charge in [-0.05, 0) is 12.8 Å². The number of amides is 2. The second-order valence-electron chi connectivity index (χ2n) is 2.90. The van der Waals surface area contributed by atoms with E-state index in [2.05, 4.69) is 5.43 Å². The van der Waals surface area contributed by atoms with Crippen LogP contribution in [0.3, 0.4) is 0 Å². The standard InChI is InChI=1S/C7H15N3O2/c1-12-6-3-2-4-10(5-6)7(11)9-8/h6H,2-5,8H2,1H3,(H,9,11). The van der Waals surface area contributed by atoms with Crippen LogP contribution in [0.25, 0.3) is 0 Å². The van der Waals surface area contributed by atoms with Gasteiger partial charge in [0.15, 0.2) is 0 Å². The van der Waals surface area contributed by atoms with Crippen molar-refractivity contribution < 1.29 is 9.53 Å². The molecule has 0 aromatic carbocycles. The summed E-state index contributed by atoms with van der Waals surface area (Å²) in [5.74, 6) is 5.01. The molecule has 5 heteroatoms. The van der Waals surface area contributed by atoms with Crippen molar-refractivity contribution >= 4 is 6.03 Å². The highest BCUT2D eigenvalue weighted by Crippen LogP contribution is 2.11. The zero-order valence-corrected chi connectivity index (χ0v) is 7.25. The normalized spacial score (nSPS) is 23.8. The first-order chi connectivity index (χ1) is 5.77. The number of carbonyl (C=O) groups is 1. The molecule has 1 unspecified atom stereocenters. The number of hydrogen-bond donors (Lipinski definition) is 2. The zero-order chi connectivity index (χ0) is 8.97. The molecule has 12 heavy (non-hydrogen) atoms. The molecule has 1 saturated heterocycles. The van der Waals surface area contributed by atoms with Crippen molar-refractivity contribution in [2.24, 2.45) is 5.84 Å². The van der Waals surface area contributed by atoms with Crippen LogP contribution in [-0.4, -0.2) is 37.2 Å². The van der Waals surface area contributed by atoms with Crippen LogP contribution in [-0.2, 0) is 4.74 Å². The molecule has 1 aliphatic rings. The SMILES string of the molecule is COC1CCCN(C(=O)NN)C1. The molecule has 1 atom stereocenters. The van der Waals surface area contributed by atoms with E-state index in [9.17, 15) is 4.79 Å². The summed E-state index contributed by atoms with van der Waals surface area (Å²) in [6.07, 6.45) is 2.16. The number of piperidine rings is 1. The number of carbonyl (C=O) groups excluding carboxylic acids is 1. The molecule has 1 heterocycles. The lowest BCUT2D eigenvalue weighted by molar-refractivity contribution is 0.0435. The van der Waals surface area contributed by atoms with Crippen molar-refractivity contribution in [3.05, 3.63) is 0 Å². The molecular formula is C7H15N3O2. The third-order valence-electron chi connectivity index (χ3n) is 2.12. The summed E-state index contributed by atoms with van der Waals surface area (Å²) in [6.45, 7) is 1.41. The van der Waals surface area contributed by atoms with Crippen LogP contribution >= 0.6 is 0 Å². The van der Waals surface area contributed by atoms with Gasteiger partial charge in [0.2, 0.25) is 0 Å². The van der Waals surface area contributed by atoms with Crippen molar-refractivity contribution in [1.82, 2.24) is 10.3 Å². The summed E-state index contributed by atoms with van der Waals surface area (Å²) in [5, 5.41) is 0. The number of nitrogens with two attached hydrogens (primary N) is 1. The third-order valence-corrected chi connectivity index (χ3v) is 2.12. The fourth-order valence-electron chi connectivity index (χ4n) is 1.41. The van der Waals surface area contributed by atoms with Crippen LogP contribution in [0.5, 0.6) is 0 Å². The average molecular weight is 173 g/mol. The zero-order valence-electron chi connectivity index (χ0n) is 7.25. The predicted molar refractivity (Wildman–Crippen MR) is 44.3 cm³/mol. The molecule has 0 spiro atoms. The van der Waals surface area contributed by atoms with Gasteiger partial charge in [-0.1, -0.05) is 0 Å². The van der Waals surface area contributed by atoms with Gasteiger partial charge in [0.05, 0.1) is 6.10 Å². The lowest BCUT2D eigenvalue weighted by Gasteiger charge is -2.31. The molecule has 0 bridgehead atoms. The van der Waals surface area contributed by atoms with E-state index in [-0.39, 0.29) is 12.1 Å². The number of nitrogens with zero attached hydrogens (tertiary/aromatic N) is 1. The van der Waals surface area contributed by atoms with E-state index < -0.39 is 0 Å². The predicted octanol–water partition coefficient (Wildman–Crippen LogP) is -0.319. The summed E-state index contributed by atoms with van der Waals surface area (Å²) in [5.41, 5.74) is 2.11. The maximum Gasteiger partial charge on any atom is 0.331 e. The minimum atomic E-state index is -0.225. The number of likely N-dealkylation sites (tertiary alicyclic amines) is 1. The fraction of sp³-hybridized carbons (Fsp3) is 0.857. The molecule has 5 nitrogen and oxygen atoms in total. The lowest BCUT2D eigenvalue weighted by Crippen LogP contribution is -2.49. The molecule has 3 N–H and O–H groups in total. The van der Waals surface area contributed by atoms with Crippen molar-refractivity contribution in [3.8, 4) is 0 Å². The maximum absolute atomic E-state index is 11.1. The number of ether oxygens (including phenoxy) is 1. The highest BCUT2D eigenvalue weighted by Gasteiger charge is 2.22. The van der Waals surface area contributed by atoms with E-state index in [1.54, 1.807) is 12.0 Å². The molecule has 0 radical (unpaired) electrons. The minimum Gasteiger partial charge on any atom is -0.380 e. The fourth-order valence-corrected chi connectivity index (χ4v) is 1.41. The number of rotatable bonds is 1. The molecule has 0 aromatic rings. The molecule has 0 aromatic heterocycles. The van der Waals surface area contributed by atoms with Crippen LogP contribution in [0.15, 0.2) is 0 Å². The van der Waals surface area contributed by atoms with Gasteiger partial charge in [-0.2, -0.15) is 0 Å². The first-order valence-electron chi connectivity index (χ1n) is 4.06. The minimum absolute atomic E-state index is 0.163. The van der Waals surface area contributed by atoms with E-state index in [0.717, 1.165) is 19.4 Å². The molecule has 1 fully saturated rings. The Morgan fingerprint density at radius 1 is 1.75 bits per heavy atom. The number of urea groups is 1. The number of hydrazine groups is 1. The van der Waals surface area contributed by atoms with Gasteiger partial charge in [-0.15, -0.1) is 0 Å². The van der Waals surface area contributed by atoms with Crippen molar-refractivity contribution in [2.75, 3.05) is 20.2 Å². The Balaban J connectivity index is 2.40. The van der Waals surface area contributed by atoms with E-state index >= 15 is 0 Å². The van der Waals surface area contributed by atoms with Gasteiger partial charge in [0.1, 0.15) is 0 Å². The molecule has 1 aliphatic heterocycles. The molecule has 70 valence electrons. The Hall–Kier alpha value is -0.810. The summed E-state index contributed by atoms with van der Waals surface area (Å²) >= 11 is 0. The highest BCUT2D eigenvalue weighted by atomic mass is 16.5. The summed E-state index contributed by atoms with van der Waals surface area (Å²) < 4.78 is 5.15. The largest absolute Gasteiger partial charge is 0.380 e. The van der Waals surface area contributed by atoms with E-state index in [0.29, 0.717) is 6.54 Å². The highest BCUT2D eigenvalue weighted by molar-refractivity contribution is 5.73. The van der Waals surface area contributed by atoms with Crippen LogP contribution < -0.4 is 11.3 Å². The Kier molecular flexibility index (Phi) is 3.31. The van der Waals surface area contributed by atoms with Gasteiger partial charge in [0.25, 0.3) is 0 Å². The lowest BCUT2D eigenvalue weighted by atomic mass is 10.1. The topological polar surface area (TPSA) is 67.6 Å². The van der Waals surface area contributed by atoms with E-state index in [1.165, 1.54) is 0 Å². The van der Waals surface area contributed by atoms with Crippen molar-refractivity contribution in [3.63, 3.8) is 0 Å². The third kappa shape index (κ3) is 2.09. The summed E-state index contributed by atoms with van der Waals surface area (Å²) in [4.78, 5) is 12.7. The van der Waals surface area contributed by atoms with E-state index in [1.807, 2.05) is 0 Å². The Morgan fingerprint density at radius 3 is 3.08 bits per heavy atom. The molecule has 0 saturated carbocycles. The number of nitrogens with one attached hydrogen (secondary N) is 1. The molecule has 2 amide bonds. The number of hydrogen-bond acceptors (Lipinski definition) is 3. The molecule has 0 aliphatic carbocycles. The average Bonchev–Trinajstić information content (AvgIpc) is 2.17. The Morgan fingerprint density at radius 2 is 2.50 bits per heavy atom. The first-order valence-corrected chi connectivity index (χ1v) is 4.06. The van der Waals surface area contributed by atoms with Crippen LogP contribution in [0.2, 0.25) is 0 Å². The smallest absolute Gasteiger partial charge is 0.331 e. The molecule has 1 rings (SSSR count). The van der Waals surface area contributed by atoms with Crippen LogP contribution in [0, 0.1) is 0 Å². The van der Waals surface area contributed by atoms with Crippen LogP contribution in [0.1, 0.15) is 12.8 Å². The summed E-state index contributed by atoms with van der Waals surface area (Å²) in [6, 6.07) is -0.225. The maximum atomic E-state index is 11.1. The first kappa shape index (κ1) is 9.28. The van der Waals surface area contributed by atoms with Crippen molar-refractivity contribution in [1.29, 1.82) is 0 Å². The Bertz CT molecular complexity index is 163.